The normalized spacial score (nSPS) is 13.4. The van der Waals surface area contributed by atoms with Gasteiger partial charge in [0.15, 0.2) is 12.2 Å². The van der Waals surface area contributed by atoms with E-state index in [4.69, 9.17) is 39.9 Å². The van der Waals surface area contributed by atoms with Gasteiger partial charge in [0.2, 0.25) is 0 Å². The minimum Gasteiger partial charge on any atom is -0.450 e. The maximum absolute atomic E-state index is 10.5. The zero-order valence-electron chi connectivity index (χ0n) is 8.10. The number of halogens is 3. The Morgan fingerprint density at radius 1 is 0.941 bits per heavy atom. The number of hydrogen-bond acceptors (Lipinski definition) is 7. The van der Waals surface area contributed by atoms with Gasteiger partial charge in [0, 0.05) is 34.8 Å². The third-order valence-corrected chi connectivity index (χ3v) is 1.73. The van der Waals surface area contributed by atoms with Crippen molar-refractivity contribution < 1.29 is 33.7 Å². The van der Waals surface area contributed by atoms with Crippen molar-refractivity contribution in [2.75, 3.05) is 13.2 Å². The summed E-state index contributed by atoms with van der Waals surface area (Å²) in [7, 11) is 0. The molecule has 0 heterocycles. The van der Waals surface area contributed by atoms with Crippen molar-refractivity contribution in [1.29, 1.82) is 0 Å². The van der Waals surface area contributed by atoms with Crippen molar-refractivity contribution in [3.63, 3.8) is 0 Å². The number of aliphatic hydroxyl groups excluding tert-OH is 1. The van der Waals surface area contributed by atoms with Crippen LogP contribution in [0, 0.1) is 0 Å². The van der Waals surface area contributed by atoms with Crippen LogP contribution in [0.1, 0.15) is 0 Å². The van der Waals surface area contributed by atoms with Crippen LogP contribution in [-0.2, 0) is 14.2 Å². The van der Waals surface area contributed by atoms with E-state index >= 15 is 0 Å². The maximum atomic E-state index is 10.5. The predicted molar refractivity (Wildman–Crippen MR) is 56.5 cm³/mol. The molecule has 7 nitrogen and oxygen atoms in total. The second-order valence-corrected chi connectivity index (χ2v) is 3.44. The molecule has 0 spiro atoms. The van der Waals surface area contributed by atoms with E-state index in [2.05, 4.69) is 14.2 Å². The smallest absolute Gasteiger partial charge is 0.404 e. The second-order valence-electron chi connectivity index (χ2n) is 2.52. The van der Waals surface area contributed by atoms with Gasteiger partial charge in [-0.1, -0.05) is 0 Å². The Balaban J connectivity index is 4.54. The molecular formula is C7H7Cl3O7. The lowest BCUT2D eigenvalue weighted by Crippen LogP contribution is -2.39. The fraction of sp³-hybridized carbons (Fsp3) is 0.571. The van der Waals surface area contributed by atoms with E-state index < -0.39 is 41.7 Å². The minimum atomic E-state index is -1.33. The molecule has 0 rings (SSSR count). The van der Waals surface area contributed by atoms with Gasteiger partial charge in [-0.3, -0.25) is 0 Å². The third-order valence-electron chi connectivity index (χ3n) is 1.44. The van der Waals surface area contributed by atoms with Crippen molar-refractivity contribution in [1.82, 2.24) is 0 Å². The fourth-order valence-electron chi connectivity index (χ4n) is 0.834. The fourth-order valence-corrected chi connectivity index (χ4v) is 1.13. The van der Waals surface area contributed by atoms with Gasteiger partial charge < -0.3 is 19.3 Å². The summed E-state index contributed by atoms with van der Waals surface area (Å²) in [5, 5.41) is 8.88. The Kier molecular flexibility index (Phi) is 7.98. The summed E-state index contributed by atoms with van der Waals surface area (Å²) in [5.41, 5.74) is -3.66. The first-order valence-electron chi connectivity index (χ1n) is 4.02. The van der Waals surface area contributed by atoms with Gasteiger partial charge in [0.25, 0.3) is 0 Å². The number of carbonyl (C=O) groups excluding carboxylic acids is 3. The van der Waals surface area contributed by atoms with Gasteiger partial charge in [0.05, 0.1) is 6.61 Å². The van der Waals surface area contributed by atoms with Crippen molar-refractivity contribution in [2.24, 2.45) is 0 Å². The molecule has 0 fully saturated rings. The summed E-state index contributed by atoms with van der Waals surface area (Å²) in [5.74, 6) is 0. The summed E-state index contributed by atoms with van der Waals surface area (Å²) >= 11 is 14.7. The zero-order valence-corrected chi connectivity index (χ0v) is 10.4. The van der Waals surface area contributed by atoms with Crippen LogP contribution in [0.25, 0.3) is 0 Å². The van der Waals surface area contributed by atoms with E-state index in [-0.39, 0.29) is 0 Å². The Morgan fingerprint density at radius 3 is 1.76 bits per heavy atom. The van der Waals surface area contributed by atoms with Crippen molar-refractivity contribution >= 4 is 51.1 Å². The van der Waals surface area contributed by atoms with Crippen LogP contribution in [0.5, 0.6) is 0 Å². The van der Waals surface area contributed by atoms with E-state index in [1.165, 1.54) is 0 Å². The predicted octanol–water partition coefficient (Wildman–Crippen LogP) is 1.84. The van der Waals surface area contributed by atoms with Gasteiger partial charge in [-0.2, -0.15) is 0 Å². The van der Waals surface area contributed by atoms with Crippen LogP contribution in [0.3, 0.4) is 0 Å². The lowest BCUT2D eigenvalue weighted by molar-refractivity contribution is -0.0423. The largest absolute Gasteiger partial charge is 0.450 e. The van der Waals surface area contributed by atoms with Crippen molar-refractivity contribution in [3.8, 4) is 0 Å². The molecule has 0 bridgehead atoms. The average Bonchev–Trinajstić information content (AvgIpc) is 2.20. The van der Waals surface area contributed by atoms with Gasteiger partial charge in [-0.05, 0) is 0 Å². The lowest BCUT2D eigenvalue weighted by Gasteiger charge is -2.22. The molecule has 0 amide bonds. The topological polar surface area (TPSA) is 99.1 Å². The first kappa shape index (κ1) is 16.2. The van der Waals surface area contributed by atoms with Crippen LogP contribution in [-0.4, -0.2) is 46.8 Å². The average molecular weight is 309 g/mol. The molecule has 0 saturated heterocycles. The summed E-state index contributed by atoms with van der Waals surface area (Å²) in [6, 6.07) is 0. The van der Waals surface area contributed by atoms with E-state index in [0.717, 1.165) is 0 Å². The van der Waals surface area contributed by atoms with Crippen LogP contribution in [0.15, 0.2) is 0 Å². The molecular weight excluding hydrogens is 302 g/mol. The summed E-state index contributed by atoms with van der Waals surface area (Å²) in [6.07, 6.45) is -2.66. The van der Waals surface area contributed by atoms with Crippen LogP contribution < -0.4 is 0 Å². The molecule has 2 atom stereocenters. The van der Waals surface area contributed by atoms with Gasteiger partial charge >= 0.3 is 16.3 Å². The van der Waals surface area contributed by atoms with E-state index in [9.17, 15) is 14.4 Å². The molecule has 0 aromatic carbocycles. The molecule has 0 aliphatic carbocycles. The molecule has 0 saturated carbocycles. The number of ether oxygens (including phenoxy) is 3. The number of aliphatic hydroxyl groups is 1. The second kappa shape index (κ2) is 8.35. The summed E-state index contributed by atoms with van der Waals surface area (Å²) < 4.78 is 13.2. The van der Waals surface area contributed by atoms with E-state index in [1.54, 1.807) is 0 Å². The van der Waals surface area contributed by atoms with E-state index in [1.807, 2.05) is 0 Å². The van der Waals surface area contributed by atoms with Gasteiger partial charge in [-0.15, -0.1) is 0 Å². The SMILES string of the molecule is O=C(Cl)OC[C@H](OC(=O)Cl)[C@@H](CO)OC(=O)Cl. The van der Waals surface area contributed by atoms with Gasteiger partial charge in [0.1, 0.15) is 6.61 Å². The molecule has 17 heavy (non-hydrogen) atoms. The highest BCUT2D eigenvalue weighted by molar-refractivity contribution is 6.61. The monoisotopic (exact) mass is 308 g/mol. The van der Waals surface area contributed by atoms with Gasteiger partial charge in [-0.25, -0.2) is 14.4 Å². The molecule has 10 heteroatoms. The zero-order chi connectivity index (χ0) is 13.4. The maximum Gasteiger partial charge on any atom is 0.404 e. The highest BCUT2D eigenvalue weighted by Crippen LogP contribution is 2.10. The molecule has 0 unspecified atom stereocenters. The Morgan fingerprint density at radius 2 is 1.41 bits per heavy atom. The molecule has 0 aromatic rings. The number of rotatable bonds is 6. The molecule has 98 valence electrons. The molecule has 0 aromatic heterocycles. The van der Waals surface area contributed by atoms with Crippen LogP contribution in [0.2, 0.25) is 0 Å². The minimum absolute atomic E-state index is 0.559. The Hall–Kier alpha value is -0.760. The van der Waals surface area contributed by atoms with Crippen LogP contribution in [0.4, 0.5) is 14.4 Å². The molecule has 0 radical (unpaired) electrons. The lowest BCUT2D eigenvalue weighted by atomic mass is 10.2. The third kappa shape index (κ3) is 8.03. The van der Waals surface area contributed by atoms with Crippen molar-refractivity contribution in [3.05, 3.63) is 0 Å². The molecule has 0 aliphatic rings. The quantitative estimate of drug-likeness (QED) is 0.590. The molecule has 0 aliphatic heterocycles. The van der Waals surface area contributed by atoms with Crippen LogP contribution >= 0.6 is 34.8 Å². The van der Waals surface area contributed by atoms with Crippen molar-refractivity contribution in [2.45, 2.75) is 12.2 Å². The Labute approximate surface area is 110 Å². The molecule has 1 N–H and O–H groups in total. The standard InChI is InChI=1S/C7H7Cl3O7/c8-5(12)15-2-4(17-7(10)14)3(1-11)16-6(9)13/h3-4,11H,1-2H2/t3-,4+/m1/s1. The number of carbonyl (C=O) groups is 3. The van der Waals surface area contributed by atoms with E-state index in [0.29, 0.717) is 0 Å². The first-order valence-corrected chi connectivity index (χ1v) is 5.15. The Bertz CT molecular complexity index is 295. The highest BCUT2D eigenvalue weighted by Gasteiger charge is 2.29. The first-order chi connectivity index (χ1) is 7.86. The number of hydrogen-bond donors (Lipinski definition) is 1. The highest BCUT2D eigenvalue weighted by atomic mass is 35.5. The summed E-state index contributed by atoms with van der Waals surface area (Å²) in [4.78, 5) is 31.3. The summed E-state index contributed by atoms with van der Waals surface area (Å²) in [6.45, 7) is -1.29.